The first-order valence-electron chi connectivity index (χ1n) is 11.9. The van der Waals surface area contributed by atoms with Crippen molar-refractivity contribution in [2.24, 2.45) is 0 Å². The molecule has 0 bridgehead atoms. The summed E-state index contributed by atoms with van der Waals surface area (Å²) in [6.45, 7) is 3.53. The summed E-state index contributed by atoms with van der Waals surface area (Å²) in [7, 11) is 1.24. The molecule has 3 aromatic heterocycles. The molecule has 0 fully saturated rings. The van der Waals surface area contributed by atoms with Gasteiger partial charge in [-0.2, -0.15) is 13.2 Å². The number of imidazole rings is 1. The first-order chi connectivity index (χ1) is 19.5. The van der Waals surface area contributed by atoms with E-state index in [4.69, 9.17) is 0 Å². The molecule has 0 aliphatic carbocycles. The number of anilines is 2. The SMILES string of the molecule is COC(=O)Nc1ncc(-c2cn(-c3cc(C(=O)Nc4cc(-n5cnc(C)c5)cc(C(F)(F)F)c4)ccc3C)nn2)s1. The number of nitrogens with zero attached hydrogens (tertiary/aromatic N) is 6. The molecule has 210 valence electrons. The number of benzene rings is 2. The number of alkyl halides is 3. The second kappa shape index (κ2) is 10.8. The van der Waals surface area contributed by atoms with Crippen molar-refractivity contribution < 1.29 is 27.5 Å². The van der Waals surface area contributed by atoms with Crippen molar-refractivity contribution in [1.29, 1.82) is 0 Å². The Hall–Kier alpha value is -5.05. The number of methoxy groups -OCH3 is 1. The van der Waals surface area contributed by atoms with Gasteiger partial charge in [-0.05, 0) is 49.7 Å². The molecule has 0 saturated heterocycles. The summed E-state index contributed by atoms with van der Waals surface area (Å²) in [5.41, 5.74) is 1.86. The molecule has 15 heteroatoms. The standard InChI is InChI=1S/C26H21F3N8O3S/c1-14-4-5-16(6-21(14)37-12-20(34-35-37)22-10-30-24(41-22)33-25(39)40-3)23(38)32-18-7-17(26(27,28)29)8-19(9-18)36-11-15(2)31-13-36/h4-13H,1-3H3,(H,32,38)(H,30,33,39). The zero-order valence-electron chi connectivity index (χ0n) is 21.7. The highest BCUT2D eigenvalue weighted by Crippen LogP contribution is 2.33. The number of carbonyl (C=O) groups excluding carboxylic acids is 2. The third kappa shape index (κ3) is 6.09. The van der Waals surface area contributed by atoms with E-state index in [1.807, 2.05) is 6.92 Å². The fourth-order valence-electron chi connectivity index (χ4n) is 3.84. The molecule has 2 N–H and O–H groups in total. The quantitative estimate of drug-likeness (QED) is 0.265. The van der Waals surface area contributed by atoms with Crippen molar-refractivity contribution in [3.8, 4) is 21.9 Å². The highest BCUT2D eigenvalue weighted by Gasteiger charge is 2.31. The molecular weight excluding hydrogens is 561 g/mol. The van der Waals surface area contributed by atoms with Crippen LogP contribution in [0.5, 0.6) is 0 Å². The van der Waals surface area contributed by atoms with Crippen LogP contribution in [-0.4, -0.2) is 48.6 Å². The molecule has 3 heterocycles. The fourth-order valence-corrected chi connectivity index (χ4v) is 4.59. The Kier molecular flexibility index (Phi) is 7.28. The van der Waals surface area contributed by atoms with Crippen LogP contribution < -0.4 is 10.6 Å². The predicted molar refractivity (Wildman–Crippen MR) is 144 cm³/mol. The van der Waals surface area contributed by atoms with Crippen LogP contribution in [-0.2, 0) is 10.9 Å². The van der Waals surface area contributed by atoms with Crippen molar-refractivity contribution in [2.45, 2.75) is 20.0 Å². The Balaban J connectivity index is 1.40. The van der Waals surface area contributed by atoms with Crippen LogP contribution in [0, 0.1) is 13.8 Å². The van der Waals surface area contributed by atoms with Crippen LogP contribution >= 0.6 is 11.3 Å². The van der Waals surface area contributed by atoms with E-state index in [-0.39, 0.29) is 16.9 Å². The molecule has 0 radical (unpaired) electrons. The highest BCUT2D eigenvalue weighted by molar-refractivity contribution is 7.19. The van der Waals surface area contributed by atoms with E-state index in [9.17, 15) is 22.8 Å². The van der Waals surface area contributed by atoms with Gasteiger partial charge in [0.25, 0.3) is 5.91 Å². The number of hydrogen-bond donors (Lipinski definition) is 2. The van der Waals surface area contributed by atoms with Gasteiger partial charge in [0.05, 0.1) is 41.5 Å². The van der Waals surface area contributed by atoms with Crippen LogP contribution in [0.25, 0.3) is 21.9 Å². The van der Waals surface area contributed by atoms with Crippen molar-refractivity contribution in [2.75, 3.05) is 17.7 Å². The summed E-state index contributed by atoms with van der Waals surface area (Å²) in [6.07, 6.45) is 0.862. The Morgan fingerprint density at radius 2 is 1.83 bits per heavy atom. The highest BCUT2D eigenvalue weighted by atomic mass is 32.1. The number of nitrogens with one attached hydrogen (secondary N) is 2. The number of thiazole rings is 1. The van der Waals surface area contributed by atoms with Gasteiger partial charge in [0.15, 0.2) is 5.13 Å². The number of aryl methyl sites for hydroxylation is 2. The maximum Gasteiger partial charge on any atom is 0.416 e. The third-order valence-corrected chi connectivity index (χ3v) is 6.81. The normalized spacial score (nSPS) is 11.4. The smallest absolute Gasteiger partial charge is 0.416 e. The van der Waals surface area contributed by atoms with E-state index in [0.717, 1.165) is 17.7 Å². The molecule has 2 amide bonds. The number of aromatic nitrogens is 6. The molecule has 11 nitrogen and oxygen atoms in total. The minimum Gasteiger partial charge on any atom is -0.453 e. The zero-order valence-corrected chi connectivity index (χ0v) is 22.5. The summed E-state index contributed by atoms with van der Waals surface area (Å²) >= 11 is 1.17. The minimum absolute atomic E-state index is 0.0297. The van der Waals surface area contributed by atoms with Gasteiger partial charge in [-0.3, -0.25) is 10.1 Å². The van der Waals surface area contributed by atoms with Crippen molar-refractivity contribution in [1.82, 2.24) is 29.5 Å². The number of amides is 2. The van der Waals surface area contributed by atoms with E-state index in [1.54, 1.807) is 37.5 Å². The number of ether oxygens (including phenoxy) is 1. The van der Waals surface area contributed by atoms with Crippen LogP contribution in [0.3, 0.4) is 0 Å². The minimum atomic E-state index is -4.62. The van der Waals surface area contributed by atoms with Crippen molar-refractivity contribution in [3.63, 3.8) is 0 Å². The van der Waals surface area contributed by atoms with Gasteiger partial charge >= 0.3 is 12.3 Å². The van der Waals surface area contributed by atoms with Gasteiger partial charge in [0, 0.05) is 29.3 Å². The lowest BCUT2D eigenvalue weighted by Crippen LogP contribution is -2.15. The third-order valence-electron chi connectivity index (χ3n) is 5.88. The Labute approximate surface area is 234 Å². The first kappa shape index (κ1) is 27.5. The average molecular weight is 583 g/mol. The second-order valence-corrected chi connectivity index (χ2v) is 9.87. The molecule has 0 atom stereocenters. The second-order valence-electron chi connectivity index (χ2n) is 8.84. The maximum absolute atomic E-state index is 13.6. The van der Waals surface area contributed by atoms with Gasteiger partial charge in [0.1, 0.15) is 5.69 Å². The summed E-state index contributed by atoms with van der Waals surface area (Å²) in [6, 6.07) is 8.12. The Bertz CT molecular complexity index is 1760. The van der Waals surface area contributed by atoms with E-state index in [1.165, 1.54) is 46.3 Å². The van der Waals surface area contributed by atoms with E-state index in [0.29, 0.717) is 27.1 Å². The molecule has 0 aliphatic heterocycles. The Morgan fingerprint density at radius 3 is 2.54 bits per heavy atom. The van der Waals surface area contributed by atoms with Gasteiger partial charge in [-0.25, -0.2) is 19.4 Å². The number of hydrogen-bond acceptors (Lipinski definition) is 8. The number of rotatable bonds is 6. The molecule has 0 saturated carbocycles. The summed E-state index contributed by atoms with van der Waals surface area (Å²) < 4.78 is 48.4. The van der Waals surface area contributed by atoms with Crippen LogP contribution in [0.4, 0.5) is 28.8 Å². The summed E-state index contributed by atoms with van der Waals surface area (Å²) in [4.78, 5) is 33.4. The molecule has 0 aliphatic rings. The van der Waals surface area contributed by atoms with Crippen molar-refractivity contribution in [3.05, 3.63) is 83.7 Å². The average Bonchev–Trinajstić information content (AvgIpc) is 3.69. The van der Waals surface area contributed by atoms with E-state index < -0.39 is 23.7 Å². The van der Waals surface area contributed by atoms with Gasteiger partial charge in [-0.15, -0.1) is 5.10 Å². The van der Waals surface area contributed by atoms with Gasteiger partial charge in [0.2, 0.25) is 0 Å². The molecule has 0 spiro atoms. The Morgan fingerprint density at radius 1 is 1.02 bits per heavy atom. The molecule has 5 aromatic rings. The monoisotopic (exact) mass is 582 g/mol. The summed E-state index contributed by atoms with van der Waals surface area (Å²) in [5.74, 6) is -0.611. The lowest BCUT2D eigenvalue weighted by atomic mass is 10.1. The van der Waals surface area contributed by atoms with E-state index >= 15 is 0 Å². The number of halogens is 3. The van der Waals surface area contributed by atoms with Crippen LogP contribution in [0.1, 0.15) is 27.2 Å². The molecule has 5 rings (SSSR count). The van der Waals surface area contributed by atoms with Gasteiger partial charge < -0.3 is 14.6 Å². The van der Waals surface area contributed by atoms with Crippen LogP contribution in [0.15, 0.2) is 61.3 Å². The largest absolute Gasteiger partial charge is 0.453 e. The lowest BCUT2D eigenvalue weighted by Gasteiger charge is -2.14. The zero-order chi connectivity index (χ0) is 29.3. The predicted octanol–water partition coefficient (Wildman–Crippen LogP) is 5.64. The maximum atomic E-state index is 13.6. The fraction of sp³-hybridized carbons (Fsp3) is 0.154. The number of carbonyl (C=O) groups is 2. The van der Waals surface area contributed by atoms with Crippen LogP contribution in [0.2, 0.25) is 0 Å². The topological polar surface area (TPSA) is 129 Å². The molecule has 41 heavy (non-hydrogen) atoms. The summed E-state index contributed by atoms with van der Waals surface area (Å²) in [5, 5.41) is 13.7. The molecule has 2 aromatic carbocycles. The lowest BCUT2D eigenvalue weighted by molar-refractivity contribution is -0.137. The van der Waals surface area contributed by atoms with Gasteiger partial charge in [-0.1, -0.05) is 22.6 Å². The molecular formula is C26H21F3N8O3S. The van der Waals surface area contributed by atoms with Crippen molar-refractivity contribution >= 4 is 34.2 Å². The van der Waals surface area contributed by atoms with E-state index in [2.05, 4.69) is 35.7 Å². The molecule has 0 unspecified atom stereocenters. The first-order valence-corrected chi connectivity index (χ1v) is 12.7.